The molecule has 8 heteroatoms. The Labute approximate surface area is 130 Å². The zero-order valence-corrected chi connectivity index (χ0v) is 13.5. The van der Waals surface area contributed by atoms with Crippen LogP contribution >= 0.6 is 0 Å². The van der Waals surface area contributed by atoms with Gasteiger partial charge in [-0.25, -0.2) is 0 Å². The van der Waals surface area contributed by atoms with Crippen molar-refractivity contribution < 1.29 is 41.7 Å². The van der Waals surface area contributed by atoms with Crippen LogP contribution in [0.15, 0.2) is 24.3 Å². The van der Waals surface area contributed by atoms with Crippen molar-refractivity contribution in [1.29, 1.82) is 0 Å². The fourth-order valence-electron chi connectivity index (χ4n) is 1.31. The van der Waals surface area contributed by atoms with E-state index in [-0.39, 0.29) is 29.2 Å². The fourth-order valence-corrected chi connectivity index (χ4v) is 1.31. The van der Waals surface area contributed by atoms with Gasteiger partial charge in [-0.05, 0) is 24.1 Å². The maximum atomic E-state index is 10.8. The molecule has 0 unspecified atom stereocenters. The predicted molar refractivity (Wildman–Crippen MR) is 68.8 cm³/mol. The monoisotopic (exact) mass is 346 g/mol. The van der Waals surface area contributed by atoms with Gasteiger partial charge in [0.1, 0.15) is 5.75 Å². The number of aromatic hydroxyl groups is 1. The molecule has 1 radical (unpaired) electrons. The molecule has 1 amide bonds. The average Bonchev–Trinajstić information content (AvgIpc) is 2.31. The van der Waals surface area contributed by atoms with Crippen LogP contribution in [0, 0.1) is 0 Å². The Bertz CT molecular complexity index is 413. The average molecular weight is 347 g/mol. The van der Waals surface area contributed by atoms with Crippen molar-refractivity contribution >= 4 is 21.6 Å². The number of carbonyl (C=O) groups excluding carboxylic acids is 2. The van der Waals surface area contributed by atoms with Crippen LogP contribution in [-0.2, 0) is 33.1 Å². The molecule has 0 aliphatic heterocycles. The third-order valence-corrected chi connectivity index (χ3v) is 2.04. The summed E-state index contributed by atoms with van der Waals surface area (Å²) in [4.78, 5) is 30.6. The van der Waals surface area contributed by atoms with Gasteiger partial charge in [0.05, 0.1) is 12.0 Å². The van der Waals surface area contributed by atoms with E-state index in [1.54, 1.807) is 18.7 Å². The van der Waals surface area contributed by atoms with Crippen molar-refractivity contribution in [2.24, 2.45) is 0 Å². The Morgan fingerprint density at radius 2 is 1.80 bits per heavy atom. The van der Waals surface area contributed by atoms with Crippen LogP contribution in [0.1, 0.15) is 12.5 Å². The number of phenolic OH excluding ortho intramolecular Hbond substituents is 1. The molecule has 0 aromatic heterocycles. The molecule has 0 heterocycles. The number of phenols is 1. The molecule has 1 rings (SSSR count). The standard InChI is InChI=1S/C11H13NO4.CH5OSi.Cu/c1-7(13)12-10(11(15)16)6-8-2-4-9(14)5-3-8;1-3-2;/h2-5,10,14H,6H2,1H3,(H,12,13)(H,15,16);3H2,1H3;/q;-1;+2/p-1/t10-;;/m0../s1. The summed E-state index contributed by atoms with van der Waals surface area (Å²) in [5.74, 6) is -1.65. The van der Waals surface area contributed by atoms with E-state index in [0.717, 1.165) is 0 Å². The van der Waals surface area contributed by atoms with Gasteiger partial charge in [0.15, 0.2) is 0 Å². The molecular formula is C12H17CuNO5Si. The van der Waals surface area contributed by atoms with Crippen molar-refractivity contribution in [3.05, 3.63) is 29.8 Å². The Hall–Kier alpha value is -1.34. The molecule has 0 spiro atoms. The first kappa shape index (κ1) is 21.0. The van der Waals surface area contributed by atoms with Crippen molar-refractivity contribution in [2.75, 3.05) is 0 Å². The largest absolute Gasteiger partial charge is 2.00 e. The second-order valence-corrected chi connectivity index (χ2v) is 4.31. The Morgan fingerprint density at radius 1 is 1.35 bits per heavy atom. The van der Waals surface area contributed by atoms with Crippen molar-refractivity contribution in [3.63, 3.8) is 0 Å². The van der Waals surface area contributed by atoms with Gasteiger partial charge in [-0.3, -0.25) is 4.79 Å². The molecule has 0 aliphatic rings. The molecule has 0 saturated heterocycles. The van der Waals surface area contributed by atoms with Crippen molar-refractivity contribution in [3.8, 4) is 5.75 Å². The minimum Gasteiger partial charge on any atom is -0.863 e. The van der Waals surface area contributed by atoms with Crippen molar-refractivity contribution in [1.82, 2.24) is 5.32 Å². The first-order valence-electron chi connectivity index (χ1n) is 5.74. The molecular weight excluding hydrogens is 330 g/mol. The normalized spacial score (nSPS) is 10.9. The number of benzene rings is 1. The molecule has 1 aromatic carbocycles. The first-order chi connectivity index (χ1) is 8.90. The van der Waals surface area contributed by atoms with Crippen LogP contribution in [0.5, 0.6) is 5.75 Å². The quantitative estimate of drug-likeness (QED) is 0.593. The van der Waals surface area contributed by atoms with Gasteiger partial charge in [0.25, 0.3) is 0 Å². The van der Waals surface area contributed by atoms with E-state index >= 15 is 0 Å². The van der Waals surface area contributed by atoms with E-state index in [1.165, 1.54) is 19.1 Å². The summed E-state index contributed by atoms with van der Waals surface area (Å²) in [6.07, 6.45) is 0.127. The molecule has 20 heavy (non-hydrogen) atoms. The number of carbonyl (C=O) groups is 2. The topological polar surface area (TPSA) is 113 Å². The van der Waals surface area contributed by atoms with Crippen LogP contribution in [-0.4, -0.2) is 32.8 Å². The molecule has 1 atom stereocenters. The van der Waals surface area contributed by atoms with Gasteiger partial charge in [0.2, 0.25) is 5.91 Å². The third kappa shape index (κ3) is 9.57. The van der Waals surface area contributed by atoms with Gasteiger partial charge in [-0.15, -0.1) is 0 Å². The summed E-state index contributed by atoms with van der Waals surface area (Å²) >= 11 is 0. The number of carboxylic acids is 1. The summed E-state index contributed by atoms with van der Waals surface area (Å²) in [5.41, 5.74) is 0.695. The molecule has 6 nitrogen and oxygen atoms in total. The maximum Gasteiger partial charge on any atom is 2.00 e. The van der Waals surface area contributed by atoms with Crippen LogP contribution in [0.2, 0.25) is 6.55 Å². The van der Waals surface area contributed by atoms with Gasteiger partial charge in [-0.1, -0.05) is 28.4 Å². The molecule has 0 bridgehead atoms. The Kier molecular flexibility index (Phi) is 12.0. The van der Waals surface area contributed by atoms with E-state index in [2.05, 4.69) is 5.32 Å². The number of hydrogen-bond acceptors (Lipinski definition) is 5. The van der Waals surface area contributed by atoms with Crippen molar-refractivity contribution in [2.45, 2.75) is 25.9 Å². The minimum absolute atomic E-state index is 0. The predicted octanol–water partition coefficient (Wildman–Crippen LogP) is -2.33. The fraction of sp³-hybridized carbons (Fsp3) is 0.333. The molecule has 2 N–H and O–H groups in total. The smallest absolute Gasteiger partial charge is 0.863 e. The Balaban J connectivity index is 0. The maximum absolute atomic E-state index is 10.8. The number of amides is 1. The second kappa shape index (κ2) is 11.5. The molecule has 0 fully saturated rings. The summed E-state index contributed by atoms with van der Waals surface area (Å²) in [7, 11) is -0.833. The summed E-state index contributed by atoms with van der Waals surface area (Å²) in [6.45, 7) is 2.95. The number of hydrogen-bond donors (Lipinski definition) is 2. The first-order valence-corrected chi connectivity index (χ1v) is 7.73. The van der Waals surface area contributed by atoms with Crippen LogP contribution in [0.3, 0.4) is 0 Å². The van der Waals surface area contributed by atoms with E-state index in [4.69, 9.17) is 9.90 Å². The Morgan fingerprint density at radius 3 is 2.15 bits per heavy atom. The molecule has 1 aromatic rings. The molecule has 0 aliphatic carbocycles. The van der Waals surface area contributed by atoms with E-state index < -0.39 is 27.7 Å². The zero-order chi connectivity index (χ0) is 14.8. The SMILES string of the molecule is CC(=O)N[C@@H](Cc1ccc(O)cc1)C(=O)[O-].C[SiH2][O-].[Cu+2]. The minimum atomic E-state index is -1.33. The summed E-state index contributed by atoms with van der Waals surface area (Å²) < 4.78 is 0. The van der Waals surface area contributed by atoms with Crippen LogP contribution < -0.4 is 15.2 Å². The molecule has 115 valence electrons. The number of carboxylic acid groups (broad SMARTS) is 1. The van der Waals surface area contributed by atoms with E-state index in [9.17, 15) is 14.7 Å². The van der Waals surface area contributed by atoms with Gasteiger partial charge in [-0.2, -0.15) is 0 Å². The van der Waals surface area contributed by atoms with E-state index in [1.807, 2.05) is 0 Å². The van der Waals surface area contributed by atoms with Gasteiger partial charge in [0, 0.05) is 6.92 Å². The molecule has 0 saturated carbocycles. The third-order valence-electron chi connectivity index (χ3n) is 2.04. The number of aliphatic carboxylic acids is 1. The summed E-state index contributed by atoms with van der Waals surface area (Å²) in [5, 5.41) is 22.1. The van der Waals surface area contributed by atoms with Gasteiger partial charge < -0.3 is 25.1 Å². The number of nitrogens with one attached hydrogen (secondary N) is 1. The summed E-state index contributed by atoms with van der Waals surface area (Å²) in [6, 6.07) is 5.03. The van der Waals surface area contributed by atoms with E-state index in [0.29, 0.717) is 5.56 Å². The van der Waals surface area contributed by atoms with Gasteiger partial charge >= 0.3 is 17.1 Å². The zero-order valence-electron chi connectivity index (χ0n) is 11.2. The number of rotatable bonds is 4. The second-order valence-electron chi connectivity index (χ2n) is 3.73. The van der Waals surface area contributed by atoms with Crippen LogP contribution in [0.25, 0.3) is 0 Å². The van der Waals surface area contributed by atoms with Crippen LogP contribution in [0.4, 0.5) is 0 Å².